The summed E-state index contributed by atoms with van der Waals surface area (Å²) < 4.78 is 35.8. The summed E-state index contributed by atoms with van der Waals surface area (Å²) >= 11 is 0. The molecule has 0 amide bonds. The molecule has 0 radical (unpaired) electrons. The second kappa shape index (κ2) is 5.25. The van der Waals surface area contributed by atoms with Crippen molar-refractivity contribution in [3.05, 3.63) is 23.8 Å². The van der Waals surface area contributed by atoms with E-state index in [9.17, 15) is 13.2 Å². The minimum absolute atomic E-state index is 0.0455. The van der Waals surface area contributed by atoms with Crippen LogP contribution in [0.25, 0.3) is 0 Å². The van der Waals surface area contributed by atoms with Crippen LogP contribution in [-0.2, 0) is 6.42 Å². The predicted molar refractivity (Wildman–Crippen MR) is 53.9 cm³/mol. The maximum Gasteiger partial charge on any atom is 0.389 e. The predicted octanol–water partition coefficient (Wildman–Crippen LogP) is 2.25. The van der Waals surface area contributed by atoms with Crippen LogP contribution in [0.15, 0.2) is 12.4 Å². The van der Waals surface area contributed by atoms with E-state index >= 15 is 0 Å². The molecule has 0 aromatic carbocycles. The highest BCUT2D eigenvalue weighted by Crippen LogP contribution is 2.21. The molecule has 1 atom stereocenters. The van der Waals surface area contributed by atoms with Crippen molar-refractivity contribution in [1.82, 2.24) is 15.3 Å². The quantitative estimate of drug-likeness (QED) is 0.866. The Kier molecular flexibility index (Phi) is 4.23. The second-order valence-corrected chi connectivity index (χ2v) is 3.56. The van der Waals surface area contributed by atoms with Gasteiger partial charge in [-0.25, -0.2) is 0 Å². The van der Waals surface area contributed by atoms with Crippen LogP contribution in [0.2, 0.25) is 0 Å². The summed E-state index contributed by atoms with van der Waals surface area (Å²) in [6.45, 7) is 1.90. The van der Waals surface area contributed by atoms with Gasteiger partial charge < -0.3 is 5.32 Å². The number of hydrogen-bond donors (Lipinski definition) is 1. The molecule has 16 heavy (non-hydrogen) atoms. The second-order valence-electron chi connectivity index (χ2n) is 3.56. The number of nitrogens with zero attached hydrogens (tertiary/aromatic N) is 2. The van der Waals surface area contributed by atoms with Gasteiger partial charge in [-0.1, -0.05) is 0 Å². The van der Waals surface area contributed by atoms with Gasteiger partial charge in [-0.15, -0.1) is 0 Å². The van der Waals surface area contributed by atoms with Gasteiger partial charge in [0.15, 0.2) is 0 Å². The van der Waals surface area contributed by atoms with Crippen molar-refractivity contribution in [1.29, 1.82) is 0 Å². The molecule has 3 nitrogen and oxygen atoms in total. The Balaban J connectivity index is 2.58. The standard InChI is InChI=1S/C10H14F3N3/c1-7(14-2)9-6-15-8(5-16-9)3-4-10(11,12)13/h5-7,14H,3-4H2,1-2H3. The zero-order chi connectivity index (χ0) is 12.2. The monoisotopic (exact) mass is 233 g/mol. The van der Waals surface area contributed by atoms with Crippen LogP contribution in [0.1, 0.15) is 30.8 Å². The van der Waals surface area contributed by atoms with E-state index < -0.39 is 12.6 Å². The zero-order valence-corrected chi connectivity index (χ0v) is 9.17. The maximum absolute atomic E-state index is 11.9. The summed E-state index contributed by atoms with van der Waals surface area (Å²) in [4.78, 5) is 8.01. The molecular formula is C10H14F3N3. The summed E-state index contributed by atoms with van der Waals surface area (Å²) in [5.74, 6) is 0. The largest absolute Gasteiger partial charge is 0.389 e. The lowest BCUT2D eigenvalue weighted by atomic mass is 10.2. The summed E-state index contributed by atoms with van der Waals surface area (Å²) in [7, 11) is 1.78. The van der Waals surface area contributed by atoms with E-state index in [1.165, 1.54) is 12.4 Å². The first-order valence-corrected chi connectivity index (χ1v) is 4.97. The van der Waals surface area contributed by atoms with Gasteiger partial charge >= 0.3 is 6.18 Å². The van der Waals surface area contributed by atoms with Crippen LogP contribution in [0.3, 0.4) is 0 Å². The van der Waals surface area contributed by atoms with Crippen molar-refractivity contribution < 1.29 is 13.2 Å². The molecule has 1 heterocycles. The van der Waals surface area contributed by atoms with Gasteiger partial charge in [0.2, 0.25) is 0 Å². The molecule has 0 aliphatic carbocycles. The van der Waals surface area contributed by atoms with Crippen LogP contribution < -0.4 is 5.32 Å². The Hall–Kier alpha value is -1.17. The van der Waals surface area contributed by atoms with Crippen molar-refractivity contribution in [2.75, 3.05) is 7.05 Å². The summed E-state index contributed by atoms with van der Waals surface area (Å²) in [5, 5.41) is 2.97. The number of aromatic nitrogens is 2. The summed E-state index contributed by atoms with van der Waals surface area (Å²) in [5.41, 5.74) is 1.09. The molecule has 0 bridgehead atoms. The molecule has 0 fully saturated rings. The average molecular weight is 233 g/mol. The molecular weight excluding hydrogens is 219 g/mol. The molecule has 1 rings (SSSR count). The van der Waals surface area contributed by atoms with E-state index in [2.05, 4.69) is 15.3 Å². The number of rotatable bonds is 4. The smallest absolute Gasteiger partial charge is 0.312 e. The van der Waals surface area contributed by atoms with Crippen molar-refractivity contribution in [3.63, 3.8) is 0 Å². The molecule has 90 valence electrons. The third-order valence-corrected chi connectivity index (χ3v) is 2.27. The van der Waals surface area contributed by atoms with Gasteiger partial charge in [-0.2, -0.15) is 13.2 Å². The van der Waals surface area contributed by atoms with Gasteiger partial charge in [0.1, 0.15) is 0 Å². The first-order valence-electron chi connectivity index (χ1n) is 4.97. The fraction of sp³-hybridized carbons (Fsp3) is 0.600. The highest BCUT2D eigenvalue weighted by atomic mass is 19.4. The summed E-state index contributed by atoms with van der Waals surface area (Å²) in [6, 6.07) is 0.0455. The lowest BCUT2D eigenvalue weighted by Crippen LogP contribution is -2.15. The SMILES string of the molecule is CNC(C)c1cnc(CCC(F)(F)F)cn1. The van der Waals surface area contributed by atoms with Gasteiger partial charge in [0.05, 0.1) is 17.6 Å². The number of halogens is 3. The molecule has 1 unspecified atom stereocenters. The Bertz CT molecular complexity index is 321. The van der Waals surface area contributed by atoms with Crippen LogP contribution in [0.5, 0.6) is 0 Å². The van der Waals surface area contributed by atoms with Crippen LogP contribution >= 0.6 is 0 Å². The van der Waals surface area contributed by atoms with Crippen molar-refractivity contribution in [2.24, 2.45) is 0 Å². The summed E-state index contributed by atoms with van der Waals surface area (Å²) in [6.07, 6.45) is -2.21. The topological polar surface area (TPSA) is 37.8 Å². The van der Waals surface area contributed by atoms with Crippen molar-refractivity contribution >= 4 is 0 Å². The lowest BCUT2D eigenvalue weighted by molar-refractivity contribution is -0.134. The Morgan fingerprint density at radius 2 is 2.00 bits per heavy atom. The highest BCUT2D eigenvalue weighted by molar-refractivity contribution is 5.06. The maximum atomic E-state index is 11.9. The number of alkyl halides is 3. The van der Waals surface area contributed by atoms with Crippen LogP contribution in [0, 0.1) is 0 Å². The Labute approximate surface area is 92.1 Å². The fourth-order valence-electron chi connectivity index (χ4n) is 1.14. The van der Waals surface area contributed by atoms with E-state index in [-0.39, 0.29) is 12.5 Å². The van der Waals surface area contributed by atoms with E-state index in [1.54, 1.807) is 7.05 Å². The van der Waals surface area contributed by atoms with Gasteiger partial charge in [0.25, 0.3) is 0 Å². The Morgan fingerprint density at radius 1 is 1.31 bits per heavy atom. The third-order valence-electron chi connectivity index (χ3n) is 2.27. The van der Waals surface area contributed by atoms with Gasteiger partial charge in [-0.3, -0.25) is 9.97 Å². The number of aryl methyl sites for hydroxylation is 1. The fourth-order valence-corrected chi connectivity index (χ4v) is 1.14. The van der Waals surface area contributed by atoms with E-state index in [0.29, 0.717) is 5.69 Å². The Morgan fingerprint density at radius 3 is 2.44 bits per heavy atom. The van der Waals surface area contributed by atoms with E-state index in [0.717, 1.165) is 5.69 Å². The highest BCUT2D eigenvalue weighted by Gasteiger charge is 2.26. The normalized spacial score (nSPS) is 13.8. The van der Waals surface area contributed by atoms with Gasteiger partial charge in [-0.05, 0) is 20.4 Å². The molecule has 0 saturated carbocycles. The molecule has 0 aliphatic heterocycles. The molecule has 6 heteroatoms. The molecule has 1 N–H and O–H groups in total. The van der Waals surface area contributed by atoms with E-state index in [4.69, 9.17) is 0 Å². The van der Waals surface area contributed by atoms with Crippen LogP contribution in [0.4, 0.5) is 13.2 Å². The first-order chi connectivity index (χ1) is 7.42. The molecule has 0 saturated heterocycles. The van der Waals surface area contributed by atoms with Crippen LogP contribution in [-0.4, -0.2) is 23.2 Å². The molecule has 0 spiro atoms. The number of hydrogen-bond acceptors (Lipinski definition) is 3. The molecule has 1 aromatic heterocycles. The van der Waals surface area contributed by atoms with Crippen molar-refractivity contribution in [2.45, 2.75) is 32.0 Å². The van der Waals surface area contributed by atoms with E-state index in [1.807, 2.05) is 6.92 Å². The molecule has 0 aliphatic rings. The minimum atomic E-state index is -4.14. The minimum Gasteiger partial charge on any atom is -0.312 e. The first kappa shape index (κ1) is 12.9. The lowest BCUT2D eigenvalue weighted by Gasteiger charge is -2.09. The van der Waals surface area contributed by atoms with Gasteiger partial charge in [0, 0.05) is 18.7 Å². The average Bonchev–Trinajstić information content (AvgIpc) is 2.25. The third kappa shape index (κ3) is 4.14. The molecule has 1 aromatic rings. The zero-order valence-electron chi connectivity index (χ0n) is 9.17. The number of nitrogens with one attached hydrogen (secondary N) is 1. The van der Waals surface area contributed by atoms with Crippen molar-refractivity contribution in [3.8, 4) is 0 Å².